The van der Waals surface area contributed by atoms with Gasteiger partial charge in [-0.25, -0.2) is 0 Å². The van der Waals surface area contributed by atoms with Crippen molar-refractivity contribution in [2.45, 2.75) is 34.1 Å². The first-order valence-corrected chi connectivity index (χ1v) is 4.72. The Morgan fingerprint density at radius 2 is 2.08 bits per heavy atom. The Morgan fingerprint density at radius 1 is 1.54 bits per heavy atom. The van der Waals surface area contributed by atoms with Crippen LogP contribution in [0, 0.1) is 11.3 Å². The van der Waals surface area contributed by atoms with Crippen molar-refractivity contribution in [3.63, 3.8) is 0 Å². The molecule has 1 unspecified atom stereocenters. The van der Waals surface area contributed by atoms with Crippen molar-refractivity contribution in [2.24, 2.45) is 11.3 Å². The molecule has 1 N–H and O–H groups in total. The molecule has 0 bridgehead atoms. The lowest BCUT2D eigenvalue weighted by molar-refractivity contribution is -0.155. The van der Waals surface area contributed by atoms with Gasteiger partial charge in [0.15, 0.2) is 0 Å². The number of ether oxygens (including phenoxy) is 1. The van der Waals surface area contributed by atoms with E-state index >= 15 is 0 Å². The molecule has 13 heavy (non-hydrogen) atoms. The first kappa shape index (κ1) is 12.4. The molecule has 0 aromatic carbocycles. The summed E-state index contributed by atoms with van der Waals surface area (Å²) in [6.07, 6.45) is 0.763. The highest BCUT2D eigenvalue weighted by Gasteiger charge is 2.27. The third-order valence-electron chi connectivity index (χ3n) is 2.25. The molecular weight excluding hydrogens is 168 g/mol. The van der Waals surface area contributed by atoms with Crippen molar-refractivity contribution in [3.8, 4) is 0 Å². The molecule has 0 aliphatic carbocycles. The molecule has 0 rings (SSSR count). The SMILES string of the molecule is CCC(C)(C)C(=O)OCC(C)CO. The largest absolute Gasteiger partial charge is 0.465 e. The van der Waals surface area contributed by atoms with Crippen LogP contribution in [-0.4, -0.2) is 24.3 Å². The molecule has 3 nitrogen and oxygen atoms in total. The molecule has 0 aliphatic rings. The van der Waals surface area contributed by atoms with Gasteiger partial charge in [0, 0.05) is 12.5 Å². The van der Waals surface area contributed by atoms with Gasteiger partial charge in [-0.15, -0.1) is 0 Å². The van der Waals surface area contributed by atoms with Gasteiger partial charge < -0.3 is 9.84 Å². The van der Waals surface area contributed by atoms with E-state index in [9.17, 15) is 4.79 Å². The van der Waals surface area contributed by atoms with Gasteiger partial charge >= 0.3 is 5.97 Å². The van der Waals surface area contributed by atoms with Crippen LogP contribution in [0.4, 0.5) is 0 Å². The fourth-order valence-electron chi connectivity index (χ4n) is 0.610. The van der Waals surface area contributed by atoms with Crippen LogP contribution in [0.15, 0.2) is 0 Å². The van der Waals surface area contributed by atoms with Gasteiger partial charge in [0.25, 0.3) is 0 Å². The molecule has 0 spiro atoms. The topological polar surface area (TPSA) is 46.5 Å². The maximum absolute atomic E-state index is 11.4. The van der Waals surface area contributed by atoms with E-state index in [-0.39, 0.29) is 18.5 Å². The highest BCUT2D eigenvalue weighted by atomic mass is 16.5. The Balaban J connectivity index is 3.88. The summed E-state index contributed by atoms with van der Waals surface area (Å²) in [7, 11) is 0. The van der Waals surface area contributed by atoms with Crippen LogP contribution in [0.2, 0.25) is 0 Å². The number of rotatable bonds is 5. The molecule has 0 aromatic heterocycles. The second-order valence-electron chi connectivity index (χ2n) is 4.12. The van der Waals surface area contributed by atoms with Gasteiger partial charge in [0.1, 0.15) is 0 Å². The number of aliphatic hydroxyl groups excluding tert-OH is 1. The quantitative estimate of drug-likeness (QED) is 0.666. The van der Waals surface area contributed by atoms with Gasteiger partial charge in [0.05, 0.1) is 12.0 Å². The lowest BCUT2D eigenvalue weighted by Gasteiger charge is -2.21. The van der Waals surface area contributed by atoms with Crippen LogP contribution >= 0.6 is 0 Å². The molecule has 0 heterocycles. The summed E-state index contributed by atoms with van der Waals surface area (Å²) in [4.78, 5) is 11.4. The predicted octanol–water partition coefficient (Wildman–Crippen LogP) is 1.59. The lowest BCUT2D eigenvalue weighted by atomic mass is 9.91. The van der Waals surface area contributed by atoms with E-state index in [4.69, 9.17) is 9.84 Å². The molecule has 1 atom stereocenters. The maximum Gasteiger partial charge on any atom is 0.311 e. The summed E-state index contributed by atoms with van der Waals surface area (Å²) in [6, 6.07) is 0. The Bertz CT molecular complexity index is 164. The average molecular weight is 188 g/mol. The van der Waals surface area contributed by atoms with Crippen molar-refractivity contribution < 1.29 is 14.6 Å². The van der Waals surface area contributed by atoms with Gasteiger partial charge in [0.2, 0.25) is 0 Å². The number of esters is 1. The highest BCUT2D eigenvalue weighted by molar-refractivity contribution is 5.75. The molecule has 0 saturated carbocycles. The van der Waals surface area contributed by atoms with Gasteiger partial charge in [-0.1, -0.05) is 13.8 Å². The standard InChI is InChI=1S/C10H20O3/c1-5-10(3,4)9(12)13-7-8(2)6-11/h8,11H,5-7H2,1-4H3. The third kappa shape index (κ3) is 4.27. The molecule has 0 radical (unpaired) electrons. The molecule has 78 valence electrons. The van der Waals surface area contributed by atoms with E-state index in [2.05, 4.69) is 0 Å². The van der Waals surface area contributed by atoms with E-state index in [1.54, 1.807) is 0 Å². The fourth-order valence-corrected chi connectivity index (χ4v) is 0.610. The van der Waals surface area contributed by atoms with Crippen molar-refractivity contribution in [1.29, 1.82) is 0 Å². The summed E-state index contributed by atoms with van der Waals surface area (Å²) in [5.41, 5.74) is -0.408. The third-order valence-corrected chi connectivity index (χ3v) is 2.25. The van der Waals surface area contributed by atoms with Gasteiger partial charge in [-0.2, -0.15) is 0 Å². The van der Waals surface area contributed by atoms with Crippen LogP contribution in [0.1, 0.15) is 34.1 Å². The lowest BCUT2D eigenvalue weighted by Crippen LogP contribution is -2.27. The summed E-state index contributed by atoms with van der Waals surface area (Å²) >= 11 is 0. The second kappa shape index (κ2) is 5.22. The first-order chi connectivity index (χ1) is 5.94. The fraction of sp³-hybridized carbons (Fsp3) is 0.900. The van der Waals surface area contributed by atoms with Crippen molar-refractivity contribution in [2.75, 3.05) is 13.2 Å². The second-order valence-corrected chi connectivity index (χ2v) is 4.12. The maximum atomic E-state index is 11.4. The number of hydrogen-bond donors (Lipinski definition) is 1. The predicted molar refractivity (Wildman–Crippen MR) is 51.3 cm³/mol. The van der Waals surface area contributed by atoms with Crippen LogP contribution in [-0.2, 0) is 9.53 Å². The van der Waals surface area contributed by atoms with Crippen molar-refractivity contribution >= 4 is 5.97 Å². The molecule has 0 fully saturated rings. The Labute approximate surface area is 80.1 Å². The summed E-state index contributed by atoms with van der Waals surface area (Å²) in [5.74, 6) is -0.160. The minimum atomic E-state index is -0.408. The number of aliphatic hydroxyl groups is 1. The Morgan fingerprint density at radius 3 is 2.46 bits per heavy atom. The van der Waals surface area contributed by atoms with Crippen molar-refractivity contribution in [3.05, 3.63) is 0 Å². The zero-order valence-corrected chi connectivity index (χ0v) is 8.96. The van der Waals surface area contributed by atoms with Gasteiger partial charge in [-0.3, -0.25) is 4.79 Å². The molecule has 0 saturated heterocycles. The van der Waals surface area contributed by atoms with E-state index < -0.39 is 5.41 Å². The van der Waals surface area contributed by atoms with Crippen molar-refractivity contribution in [1.82, 2.24) is 0 Å². The minimum absolute atomic E-state index is 0.0246. The zero-order valence-electron chi connectivity index (χ0n) is 8.96. The smallest absolute Gasteiger partial charge is 0.311 e. The van der Waals surface area contributed by atoms with Crippen LogP contribution in [0.25, 0.3) is 0 Å². The van der Waals surface area contributed by atoms with E-state index in [0.717, 1.165) is 6.42 Å². The number of carbonyl (C=O) groups is 1. The first-order valence-electron chi connectivity index (χ1n) is 4.72. The summed E-state index contributed by atoms with van der Waals surface area (Å²) in [5, 5.41) is 8.72. The molecule has 0 aromatic rings. The van der Waals surface area contributed by atoms with Gasteiger partial charge in [-0.05, 0) is 20.3 Å². The molecule has 3 heteroatoms. The van der Waals surface area contributed by atoms with Crippen LogP contribution in [0.5, 0.6) is 0 Å². The average Bonchev–Trinajstić information content (AvgIpc) is 2.13. The van der Waals surface area contributed by atoms with Crippen LogP contribution in [0.3, 0.4) is 0 Å². The number of carbonyl (C=O) groups excluding carboxylic acids is 1. The molecule has 0 aliphatic heterocycles. The normalized spacial score (nSPS) is 13.9. The molecular formula is C10H20O3. The number of hydrogen-bond acceptors (Lipinski definition) is 3. The summed E-state index contributed by atoms with van der Waals surface area (Å²) < 4.78 is 5.05. The Kier molecular flexibility index (Phi) is 4.99. The van der Waals surface area contributed by atoms with E-state index in [1.807, 2.05) is 27.7 Å². The Hall–Kier alpha value is -0.570. The summed E-state index contributed by atoms with van der Waals surface area (Å²) in [6.45, 7) is 7.87. The van der Waals surface area contributed by atoms with E-state index in [1.165, 1.54) is 0 Å². The van der Waals surface area contributed by atoms with E-state index in [0.29, 0.717) is 6.61 Å². The molecule has 0 amide bonds. The van der Waals surface area contributed by atoms with Crippen LogP contribution < -0.4 is 0 Å². The minimum Gasteiger partial charge on any atom is -0.465 e. The monoisotopic (exact) mass is 188 g/mol. The zero-order chi connectivity index (χ0) is 10.5. The highest BCUT2D eigenvalue weighted by Crippen LogP contribution is 2.21.